The summed E-state index contributed by atoms with van der Waals surface area (Å²) in [6.07, 6.45) is -2.34. The number of amides is 6. The Labute approximate surface area is 420 Å². The Hall–Kier alpha value is -7.42. The lowest BCUT2D eigenvalue weighted by Gasteiger charge is -2.57. The number of aromatic hydroxyl groups is 2. The molecule has 0 spiro atoms. The number of Topliss-reactive ketones (excluding diaryl/α,β-unsaturated/α-hetero) is 4. The molecule has 0 saturated heterocycles. The van der Waals surface area contributed by atoms with Crippen LogP contribution in [0.1, 0.15) is 73.5 Å². The number of phenolic OH excluding ortho intramolecular Hbond substituents is 2. The van der Waals surface area contributed by atoms with Gasteiger partial charge in [0.25, 0.3) is 11.8 Å². The number of hydrogen-bond donors (Lipinski definition) is 16. The molecule has 74 heavy (non-hydrogen) atoms. The minimum absolute atomic E-state index is 0.00564. The van der Waals surface area contributed by atoms with E-state index in [0.717, 1.165) is 0 Å². The molecule has 8 rings (SSSR count). The molecule has 25 heteroatoms. The van der Waals surface area contributed by atoms with Gasteiger partial charge in [-0.1, -0.05) is 19.1 Å². The molecule has 6 aliphatic rings. The molecule has 2 saturated carbocycles. The third-order valence-electron chi connectivity index (χ3n) is 16.2. The van der Waals surface area contributed by atoms with Crippen LogP contribution in [0.15, 0.2) is 52.5 Å². The summed E-state index contributed by atoms with van der Waals surface area (Å²) in [7, 11) is 2.87. The number of unbranched alkanes of at least 4 members (excludes halogenated alkanes) is 1. The number of anilines is 2. The van der Waals surface area contributed by atoms with E-state index in [4.69, 9.17) is 11.5 Å². The van der Waals surface area contributed by atoms with Gasteiger partial charge in [0.2, 0.25) is 5.78 Å². The Morgan fingerprint density at radius 1 is 0.676 bits per heavy atom. The standard InChI is InChI=1S/C49H57N7O18/c1-16-19-14-20-27(38(63)48(19,73)40(65)29(32(16)57)42(50)67)35(60)25-17(46(20,2)71)8-10-23(33(25)58)54-44(69)52-12-6-7-13-53-45(70)55-24-11-9-18-26(34(24)59)36(61)28-21(47(18,3)72)15-22-31(56(4)5)37(62)30(43(51)68)41(66)49(22,74)39(28)64/h8-11,16,19-22,27,31,38,58-59,61,63,65-66,71-74H,6-7,12-15H2,1-5H3,(H2,50,67)(H2,51,68)(H2,52,54,69)(H2,53,55,70)/t16-,19-,20-,21-,22-,27?,31-,38?,46+,47+,48-,49-/m0/s1. The highest BCUT2D eigenvalue weighted by atomic mass is 16.4. The first-order valence-electron chi connectivity index (χ1n) is 23.6. The normalized spacial score (nSPS) is 33.2. The highest BCUT2D eigenvalue weighted by Gasteiger charge is 2.69. The van der Waals surface area contributed by atoms with Crippen LogP contribution in [0.3, 0.4) is 0 Å². The molecule has 396 valence electrons. The van der Waals surface area contributed by atoms with Crippen LogP contribution >= 0.6 is 0 Å². The SMILES string of the molecule is C[C@@H]1C(=O)C(C(N)=O)=C(O)[C@@]2(O)C(O)C3C(=O)c4c(ccc(NC(=O)NCCCCNC(=O)Nc5ccc6c(c5O)C(O)=C5C(=O)[C@]7(O)C(O)=C(C(N)=O)C(=O)[C@@H](N(C)C)[C@@H]7C[C@@H]5[C@]6(C)O)c4O)[C@@](C)(O)[C@H]3C[C@@H]12. The number of primary amides is 2. The molecule has 6 aliphatic carbocycles. The van der Waals surface area contributed by atoms with Gasteiger partial charge >= 0.3 is 12.1 Å². The summed E-state index contributed by atoms with van der Waals surface area (Å²) in [4.78, 5) is 107. The molecule has 18 N–H and O–H groups in total. The zero-order valence-corrected chi connectivity index (χ0v) is 40.5. The first kappa shape index (κ1) is 52.9. The molecular formula is C49H57N7O18. The van der Waals surface area contributed by atoms with Crippen LogP contribution in [0.2, 0.25) is 0 Å². The van der Waals surface area contributed by atoms with Crippen molar-refractivity contribution >= 4 is 64.1 Å². The van der Waals surface area contributed by atoms with Crippen molar-refractivity contribution in [2.75, 3.05) is 37.8 Å². The van der Waals surface area contributed by atoms with Crippen LogP contribution < -0.4 is 32.7 Å². The molecule has 2 fully saturated rings. The molecular weight excluding hydrogens is 975 g/mol. The lowest BCUT2D eigenvalue weighted by Crippen LogP contribution is -2.68. The topological polar surface area (TPSA) is 442 Å². The molecule has 0 radical (unpaired) electrons. The molecule has 6 amide bonds. The van der Waals surface area contributed by atoms with Gasteiger partial charge in [-0.15, -0.1) is 0 Å². The molecule has 12 atom stereocenters. The molecule has 2 aromatic rings. The van der Waals surface area contributed by atoms with Gasteiger partial charge in [-0.3, -0.25) is 33.7 Å². The highest BCUT2D eigenvalue weighted by molar-refractivity contribution is 6.25. The number of fused-ring (bicyclic) bond motifs is 6. The van der Waals surface area contributed by atoms with Gasteiger partial charge in [0.15, 0.2) is 28.6 Å². The Bertz CT molecular complexity index is 3000. The van der Waals surface area contributed by atoms with E-state index in [2.05, 4.69) is 21.3 Å². The van der Waals surface area contributed by atoms with Crippen molar-refractivity contribution < 1.29 is 89.4 Å². The van der Waals surface area contributed by atoms with E-state index in [1.807, 2.05) is 0 Å². The number of nitrogens with two attached hydrogens (primary N) is 2. The highest BCUT2D eigenvalue weighted by Crippen LogP contribution is 2.60. The van der Waals surface area contributed by atoms with Gasteiger partial charge < -0.3 is 83.8 Å². The van der Waals surface area contributed by atoms with E-state index in [0.29, 0.717) is 0 Å². The number of rotatable bonds is 10. The molecule has 0 aromatic heterocycles. The van der Waals surface area contributed by atoms with Gasteiger partial charge in [-0.25, -0.2) is 9.59 Å². The average Bonchev–Trinajstić information content (AvgIpc) is 3.30. The van der Waals surface area contributed by atoms with Gasteiger partial charge in [0.05, 0.1) is 45.7 Å². The minimum Gasteiger partial charge on any atom is -0.508 e. The number of nitrogens with one attached hydrogen (secondary N) is 4. The number of likely N-dealkylation sites (N-methyl/N-ethyl adjacent to an activating group) is 1. The third kappa shape index (κ3) is 7.42. The zero-order valence-electron chi connectivity index (χ0n) is 40.5. The van der Waals surface area contributed by atoms with Crippen molar-refractivity contribution in [3.63, 3.8) is 0 Å². The predicted octanol–water partition coefficient (Wildman–Crippen LogP) is -0.678. The summed E-state index contributed by atoms with van der Waals surface area (Å²) in [6.45, 7) is 3.96. The second-order valence-corrected chi connectivity index (χ2v) is 20.5. The van der Waals surface area contributed by atoms with E-state index in [1.54, 1.807) is 0 Å². The van der Waals surface area contributed by atoms with Gasteiger partial charge in [-0.05, 0) is 76.9 Å². The van der Waals surface area contributed by atoms with Crippen LogP contribution in [0, 0.1) is 35.5 Å². The maximum absolute atomic E-state index is 14.3. The van der Waals surface area contributed by atoms with E-state index >= 15 is 0 Å². The van der Waals surface area contributed by atoms with Crippen molar-refractivity contribution in [3.05, 3.63) is 74.8 Å². The fourth-order valence-corrected chi connectivity index (χ4v) is 12.4. The Morgan fingerprint density at radius 2 is 1.18 bits per heavy atom. The van der Waals surface area contributed by atoms with Crippen LogP contribution in [0.4, 0.5) is 21.0 Å². The van der Waals surface area contributed by atoms with E-state index < -0.39 is 174 Å². The van der Waals surface area contributed by atoms with E-state index in [9.17, 15) is 89.4 Å². The van der Waals surface area contributed by atoms with Gasteiger partial charge in [0, 0.05) is 48.3 Å². The molecule has 0 aliphatic heterocycles. The number of benzene rings is 2. The lowest BCUT2D eigenvalue weighted by atomic mass is 9.50. The largest absolute Gasteiger partial charge is 0.508 e. The Balaban J connectivity index is 0.895. The molecule has 2 aromatic carbocycles. The number of phenols is 2. The second-order valence-electron chi connectivity index (χ2n) is 20.5. The first-order valence-corrected chi connectivity index (χ1v) is 23.6. The summed E-state index contributed by atoms with van der Waals surface area (Å²) in [5, 5.41) is 126. The third-order valence-corrected chi connectivity index (χ3v) is 16.2. The predicted molar refractivity (Wildman–Crippen MR) is 254 cm³/mol. The summed E-state index contributed by atoms with van der Waals surface area (Å²) < 4.78 is 0. The van der Waals surface area contributed by atoms with Crippen LogP contribution in [0.5, 0.6) is 11.5 Å². The fraction of sp³-hybridized carbons (Fsp3) is 0.469. The summed E-state index contributed by atoms with van der Waals surface area (Å²) in [6, 6.07) is 1.95. The van der Waals surface area contributed by atoms with Crippen molar-refractivity contribution in [1.82, 2.24) is 15.5 Å². The van der Waals surface area contributed by atoms with Crippen LogP contribution in [-0.4, -0.2) is 154 Å². The van der Waals surface area contributed by atoms with Gasteiger partial charge in [-0.2, -0.15) is 0 Å². The number of urea groups is 2. The lowest BCUT2D eigenvalue weighted by molar-refractivity contribution is -0.203. The maximum atomic E-state index is 14.3. The fourth-order valence-electron chi connectivity index (χ4n) is 12.4. The van der Waals surface area contributed by atoms with Crippen LogP contribution in [0.25, 0.3) is 5.76 Å². The smallest absolute Gasteiger partial charge is 0.319 e. The average molecular weight is 1030 g/mol. The van der Waals surface area contributed by atoms with Gasteiger partial charge in [0.1, 0.15) is 46.0 Å². The van der Waals surface area contributed by atoms with E-state index in [-0.39, 0.29) is 61.3 Å². The zero-order chi connectivity index (χ0) is 54.8. The van der Waals surface area contributed by atoms with Crippen LogP contribution in [-0.2, 0) is 35.2 Å². The molecule has 0 bridgehead atoms. The quantitative estimate of drug-likeness (QED) is 0.0796. The number of hydrogen-bond acceptors (Lipinski definition) is 19. The number of nitrogens with zero attached hydrogens (tertiary/aromatic N) is 1. The number of aliphatic hydroxyl groups excluding tert-OH is 4. The number of ketones is 4. The Kier molecular flexibility index (Phi) is 12.8. The molecule has 25 nitrogen and oxygen atoms in total. The number of aliphatic hydroxyl groups is 8. The first-order chi connectivity index (χ1) is 34.4. The van der Waals surface area contributed by atoms with Crippen molar-refractivity contribution in [2.45, 2.75) is 81.0 Å². The van der Waals surface area contributed by atoms with Crippen molar-refractivity contribution in [3.8, 4) is 11.5 Å². The molecule has 0 heterocycles. The van der Waals surface area contributed by atoms with Crippen molar-refractivity contribution in [2.24, 2.45) is 47.0 Å². The monoisotopic (exact) mass is 1030 g/mol. The molecule has 2 unspecified atom stereocenters. The summed E-state index contributed by atoms with van der Waals surface area (Å²) in [5.41, 5.74) is -3.29. The number of carbonyl (C=O) groups excluding carboxylic acids is 8. The minimum atomic E-state index is -2.96. The Morgan fingerprint density at radius 3 is 1.69 bits per heavy atom. The summed E-state index contributed by atoms with van der Waals surface area (Å²) >= 11 is 0. The van der Waals surface area contributed by atoms with E-state index in [1.165, 1.54) is 64.0 Å². The second kappa shape index (κ2) is 17.9. The van der Waals surface area contributed by atoms with Crippen molar-refractivity contribution in [1.29, 1.82) is 0 Å². The number of carbonyl (C=O) groups is 8. The maximum Gasteiger partial charge on any atom is 0.319 e. The summed E-state index contributed by atoms with van der Waals surface area (Å²) in [5.74, 6) is -20.0.